The fraction of sp³-hybridized carbons (Fsp3) is 0.231. The van der Waals surface area contributed by atoms with Gasteiger partial charge in [0.05, 0.1) is 0 Å². The lowest BCUT2D eigenvalue weighted by Crippen LogP contribution is -1.97. The molecule has 0 aliphatic carbocycles. The van der Waals surface area contributed by atoms with E-state index in [4.69, 9.17) is 0 Å². The molecule has 0 amide bonds. The van der Waals surface area contributed by atoms with Gasteiger partial charge in [-0.2, -0.15) is 0 Å². The molecule has 14 heavy (non-hydrogen) atoms. The molecule has 0 unspecified atom stereocenters. The number of hydrogen-bond donors (Lipinski definition) is 1. The first-order valence-electron chi connectivity index (χ1n) is 4.80. The summed E-state index contributed by atoms with van der Waals surface area (Å²) in [4.78, 5) is 0. The van der Waals surface area contributed by atoms with Gasteiger partial charge in [0.25, 0.3) is 0 Å². The summed E-state index contributed by atoms with van der Waals surface area (Å²) in [5.41, 5.74) is 4.53. The molecule has 0 aromatic heterocycles. The van der Waals surface area contributed by atoms with Crippen LogP contribution in [0.3, 0.4) is 0 Å². The summed E-state index contributed by atoms with van der Waals surface area (Å²) in [6.45, 7) is 10.0. The molecule has 1 N–H and O–H groups in total. The predicted octanol–water partition coefficient (Wildman–Crippen LogP) is 4.06. The van der Waals surface area contributed by atoms with Crippen LogP contribution in [0.4, 0.5) is 5.69 Å². The first-order chi connectivity index (χ1) is 6.65. The first kappa shape index (κ1) is 10.6. The number of para-hydroxylation sites is 1. The van der Waals surface area contributed by atoms with Crippen molar-refractivity contribution in [1.82, 2.24) is 0 Å². The summed E-state index contributed by atoms with van der Waals surface area (Å²) < 4.78 is 0. The van der Waals surface area contributed by atoms with E-state index in [-0.39, 0.29) is 0 Å². The summed E-state index contributed by atoms with van der Waals surface area (Å²) in [5.74, 6) is 0. The molecule has 0 radical (unpaired) electrons. The molecule has 0 spiro atoms. The lowest BCUT2D eigenvalue weighted by Gasteiger charge is -2.11. The Morgan fingerprint density at radius 1 is 1.29 bits per heavy atom. The topological polar surface area (TPSA) is 12.0 Å². The van der Waals surface area contributed by atoms with Crippen molar-refractivity contribution in [3.8, 4) is 0 Å². The van der Waals surface area contributed by atoms with Gasteiger partial charge in [0, 0.05) is 16.9 Å². The standard InChI is InChI=1S/C13H17N/c1-5-11(4)14-13-9-7-6-8-12(13)10(2)3/h5-9,14H,2H2,1,3-4H3/b11-5-. The Hall–Kier alpha value is -1.50. The molecule has 0 bridgehead atoms. The molecule has 0 aliphatic heterocycles. The maximum Gasteiger partial charge on any atom is 0.0457 e. The van der Waals surface area contributed by atoms with E-state index in [1.165, 1.54) is 5.56 Å². The van der Waals surface area contributed by atoms with Gasteiger partial charge in [-0.1, -0.05) is 30.9 Å². The van der Waals surface area contributed by atoms with E-state index in [2.05, 4.69) is 37.0 Å². The average Bonchev–Trinajstić information content (AvgIpc) is 2.18. The normalized spacial score (nSPS) is 11.2. The molecular formula is C13H17N. The third kappa shape index (κ3) is 2.49. The Kier molecular flexibility index (Phi) is 3.52. The number of hydrogen-bond acceptors (Lipinski definition) is 1. The van der Waals surface area contributed by atoms with Gasteiger partial charge in [-0.05, 0) is 32.4 Å². The quantitative estimate of drug-likeness (QED) is 0.752. The smallest absolute Gasteiger partial charge is 0.0457 e. The van der Waals surface area contributed by atoms with Crippen LogP contribution in [0.5, 0.6) is 0 Å². The van der Waals surface area contributed by atoms with Crippen molar-refractivity contribution in [3.05, 3.63) is 48.2 Å². The zero-order valence-corrected chi connectivity index (χ0v) is 9.09. The van der Waals surface area contributed by atoms with Crippen LogP contribution in [-0.2, 0) is 0 Å². The summed E-state index contributed by atoms with van der Waals surface area (Å²) >= 11 is 0. The Balaban J connectivity index is 3.02. The van der Waals surface area contributed by atoms with Gasteiger partial charge in [-0.3, -0.25) is 0 Å². The fourth-order valence-corrected chi connectivity index (χ4v) is 1.25. The first-order valence-corrected chi connectivity index (χ1v) is 4.80. The monoisotopic (exact) mass is 187 g/mol. The van der Waals surface area contributed by atoms with E-state index >= 15 is 0 Å². The second kappa shape index (κ2) is 4.66. The SMILES string of the molecule is C=C(C)c1ccccc1N/C(C)=C\C. The summed E-state index contributed by atoms with van der Waals surface area (Å²) in [6, 6.07) is 8.20. The average molecular weight is 187 g/mol. The second-order valence-corrected chi connectivity index (χ2v) is 3.42. The molecule has 0 atom stereocenters. The van der Waals surface area contributed by atoms with Crippen molar-refractivity contribution in [2.75, 3.05) is 5.32 Å². The van der Waals surface area contributed by atoms with Crippen LogP contribution in [0.15, 0.2) is 42.6 Å². The molecule has 0 aliphatic rings. The Labute approximate surface area is 86.2 Å². The predicted molar refractivity (Wildman–Crippen MR) is 64.2 cm³/mol. The van der Waals surface area contributed by atoms with Crippen molar-refractivity contribution in [1.29, 1.82) is 0 Å². The van der Waals surface area contributed by atoms with Crippen LogP contribution in [0.1, 0.15) is 26.3 Å². The molecule has 74 valence electrons. The van der Waals surface area contributed by atoms with E-state index in [1.807, 2.05) is 26.0 Å². The molecule has 0 saturated heterocycles. The Morgan fingerprint density at radius 3 is 2.50 bits per heavy atom. The van der Waals surface area contributed by atoms with Gasteiger partial charge in [-0.15, -0.1) is 0 Å². The van der Waals surface area contributed by atoms with Crippen molar-refractivity contribution in [2.24, 2.45) is 0 Å². The van der Waals surface area contributed by atoms with E-state index in [9.17, 15) is 0 Å². The number of rotatable bonds is 3. The van der Waals surface area contributed by atoms with Crippen LogP contribution in [0.2, 0.25) is 0 Å². The van der Waals surface area contributed by atoms with Crippen molar-refractivity contribution in [3.63, 3.8) is 0 Å². The van der Waals surface area contributed by atoms with Crippen LogP contribution in [0.25, 0.3) is 5.57 Å². The summed E-state index contributed by atoms with van der Waals surface area (Å²) in [6.07, 6.45) is 2.05. The van der Waals surface area contributed by atoms with E-state index in [0.717, 1.165) is 17.0 Å². The second-order valence-electron chi connectivity index (χ2n) is 3.42. The highest BCUT2D eigenvalue weighted by molar-refractivity contribution is 5.74. The van der Waals surface area contributed by atoms with Crippen LogP contribution in [0, 0.1) is 0 Å². The van der Waals surface area contributed by atoms with Crippen LogP contribution < -0.4 is 5.32 Å². The number of allylic oxidation sites excluding steroid dienone is 3. The van der Waals surface area contributed by atoms with Crippen LogP contribution >= 0.6 is 0 Å². The highest BCUT2D eigenvalue weighted by atomic mass is 14.9. The number of benzene rings is 1. The highest BCUT2D eigenvalue weighted by Gasteiger charge is 2.00. The molecular weight excluding hydrogens is 170 g/mol. The minimum Gasteiger partial charge on any atom is -0.359 e. The van der Waals surface area contributed by atoms with Gasteiger partial charge >= 0.3 is 0 Å². The summed E-state index contributed by atoms with van der Waals surface area (Å²) in [7, 11) is 0. The molecule has 0 saturated carbocycles. The minimum atomic E-state index is 1.08. The van der Waals surface area contributed by atoms with Gasteiger partial charge in [-0.25, -0.2) is 0 Å². The van der Waals surface area contributed by atoms with Crippen LogP contribution in [-0.4, -0.2) is 0 Å². The van der Waals surface area contributed by atoms with Gasteiger partial charge < -0.3 is 5.32 Å². The molecule has 1 aromatic carbocycles. The Bertz CT molecular complexity index is 361. The largest absolute Gasteiger partial charge is 0.359 e. The van der Waals surface area contributed by atoms with E-state index in [1.54, 1.807) is 0 Å². The number of anilines is 1. The maximum atomic E-state index is 3.96. The zero-order chi connectivity index (χ0) is 10.6. The fourth-order valence-electron chi connectivity index (χ4n) is 1.25. The van der Waals surface area contributed by atoms with Gasteiger partial charge in [0.1, 0.15) is 0 Å². The third-order valence-corrected chi connectivity index (χ3v) is 2.15. The molecule has 1 nitrogen and oxygen atoms in total. The van der Waals surface area contributed by atoms with Gasteiger partial charge in [0.15, 0.2) is 0 Å². The van der Waals surface area contributed by atoms with E-state index < -0.39 is 0 Å². The molecule has 1 rings (SSSR count). The molecule has 1 heteroatoms. The lowest BCUT2D eigenvalue weighted by molar-refractivity contribution is 1.34. The van der Waals surface area contributed by atoms with Gasteiger partial charge in [0.2, 0.25) is 0 Å². The third-order valence-electron chi connectivity index (χ3n) is 2.15. The minimum absolute atomic E-state index is 1.08. The Morgan fingerprint density at radius 2 is 1.93 bits per heavy atom. The molecule has 0 heterocycles. The van der Waals surface area contributed by atoms with Crippen molar-refractivity contribution in [2.45, 2.75) is 20.8 Å². The maximum absolute atomic E-state index is 3.96. The van der Waals surface area contributed by atoms with Crippen molar-refractivity contribution >= 4 is 11.3 Å². The number of nitrogens with one attached hydrogen (secondary N) is 1. The highest BCUT2D eigenvalue weighted by Crippen LogP contribution is 2.22. The lowest BCUT2D eigenvalue weighted by atomic mass is 10.1. The molecule has 1 aromatic rings. The zero-order valence-electron chi connectivity index (χ0n) is 9.09. The molecule has 0 fully saturated rings. The van der Waals surface area contributed by atoms with Crippen molar-refractivity contribution < 1.29 is 0 Å². The summed E-state index contributed by atoms with van der Waals surface area (Å²) in [5, 5.41) is 3.34. The van der Waals surface area contributed by atoms with E-state index in [0.29, 0.717) is 0 Å².